The number of methoxy groups -OCH3 is 1. The summed E-state index contributed by atoms with van der Waals surface area (Å²) in [5, 5.41) is 13.2. The maximum Gasteiger partial charge on any atom is 0.410 e. The molecule has 2 amide bonds. The number of hydrogen-bond acceptors (Lipinski definition) is 7. The Labute approximate surface area is 207 Å². The van der Waals surface area contributed by atoms with Crippen LogP contribution >= 0.6 is 11.3 Å². The highest BCUT2D eigenvalue weighted by Crippen LogP contribution is 2.37. The van der Waals surface area contributed by atoms with Crippen LogP contribution in [0.2, 0.25) is 0 Å². The molecule has 35 heavy (non-hydrogen) atoms. The van der Waals surface area contributed by atoms with Crippen molar-refractivity contribution in [2.45, 2.75) is 39.3 Å². The first-order valence-electron chi connectivity index (χ1n) is 11.4. The number of benzene rings is 1. The van der Waals surface area contributed by atoms with E-state index in [1.165, 1.54) is 11.3 Å². The van der Waals surface area contributed by atoms with Crippen LogP contribution in [0, 0.1) is 18.3 Å². The van der Waals surface area contributed by atoms with E-state index in [0.717, 1.165) is 27.6 Å². The molecule has 10 heteroatoms. The van der Waals surface area contributed by atoms with Crippen molar-refractivity contribution < 1.29 is 19.1 Å². The topological polar surface area (TPSA) is 109 Å². The third kappa shape index (κ3) is 5.81. The summed E-state index contributed by atoms with van der Waals surface area (Å²) in [5.74, 6) is 1.46. The third-order valence-corrected chi connectivity index (χ3v) is 7.07. The van der Waals surface area contributed by atoms with Crippen LogP contribution in [0.5, 0.6) is 5.75 Å². The zero-order chi connectivity index (χ0) is 24.8. The summed E-state index contributed by atoms with van der Waals surface area (Å²) in [4.78, 5) is 31.9. The van der Waals surface area contributed by atoms with Crippen molar-refractivity contribution in [2.75, 3.05) is 25.6 Å². The van der Waals surface area contributed by atoms with Crippen LogP contribution in [0.25, 0.3) is 0 Å². The average Bonchev–Trinajstić information content (AvgIpc) is 3.44. The lowest BCUT2D eigenvalue weighted by Gasteiger charge is -2.26. The number of nitrogens with one attached hydrogen (secondary N) is 1. The molecular weight excluding hydrogens is 466 g/mol. The minimum atomic E-state index is -0.385. The number of imidazole rings is 1. The van der Waals surface area contributed by atoms with Crippen LogP contribution in [0.1, 0.15) is 33.8 Å². The van der Waals surface area contributed by atoms with Gasteiger partial charge in [-0.25, -0.2) is 9.78 Å². The van der Waals surface area contributed by atoms with Gasteiger partial charge in [0, 0.05) is 30.2 Å². The molecule has 182 valence electrons. The number of amides is 2. The fraction of sp³-hybridized carbons (Fsp3) is 0.360. The summed E-state index contributed by atoms with van der Waals surface area (Å²) in [6.07, 6.45) is 4.57. The van der Waals surface area contributed by atoms with Crippen molar-refractivity contribution in [2.24, 2.45) is 0 Å². The van der Waals surface area contributed by atoms with E-state index in [2.05, 4.69) is 16.4 Å². The molecular formula is C25H27N5O4S. The van der Waals surface area contributed by atoms with Crippen molar-refractivity contribution in [3.8, 4) is 11.8 Å². The number of carbonyl (C=O) groups excluding carboxylic acids is 2. The van der Waals surface area contributed by atoms with Gasteiger partial charge in [0.15, 0.2) is 0 Å². The minimum Gasteiger partial charge on any atom is -0.497 e. The van der Waals surface area contributed by atoms with E-state index in [1.807, 2.05) is 42.0 Å². The molecule has 3 heterocycles. The smallest absolute Gasteiger partial charge is 0.410 e. The Morgan fingerprint density at radius 3 is 2.94 bits per heavy atom. The number of nitriles is 1. The van der Waals surface area contributed by atoms with Gasteiger partial charge < -0.3 is 24.3 Å². The van der Waals surface area contributed by atoms with Crippen molar-refractivity contribution in [1.29, 1.82) is 5.26 Å². The lowest BCUT2D eigenvalue weighted by atomic mass is 10.0. The highest BCUT2D eigenvalue weighted by molar-refractivity contribution is 7.16. The molecule has 3 aromatic rings. The van der Waals surface area contributed by atoms with Gasteiger partial charge in [-0.15, -0.1) is 11.3 Å². The normalized spacial score (nSPS) is 12.5. The maximum atomic E-state index is 12.6. The Hall–Kier alpha value is -3.84. The number of hydrogen-bond donors (Lipinski definition) is 1. The van der Waals surface area contributed by atoms with Crippen molar-refractivity contribution in [1.82, 2.24) is 14.5 Å². The van der Waals surface area contributed by atoms with E-state index >= 15 is 0 Å². The van der Waals surface area contributed by atoms with Crippen molar-refractivity contribution in [3.05, 3.63) is 64.1 Å². The second-order valence-electron chi connectivity index (χ2n) is 8.17. The summed E-state index contributed by atoms with van der Waals surface area (Å²) in [6, 6.07) is 9.84. The molecule has 0 unspecified atom stereocenters. The number of ether oxygens (including phenoxy) is 2. The number of nitrogens with zero attached hydrogens (tertiary/aromatic N) is 4. The molecule has 1 aliphatic rings. The average molecular weight is 494 g/mol. The highest BCUT2D eigenvalue weighted by atomic mass is 32.1. The van der Waals surface area contributed by atoms with Gasteiger partial charge in [0.1, 0.15) is 29.3 Å². The number of aromatic nitrogens is 2. The summed E-state index contributed by atoms with van der Waals surface area (Å²) in [6.45, 7) is 3.51. The van der Waals surface area contributed by atoms with E-state index in [0.29, 0.717) is 43.0 Å². The van der Waals surface area contributed by atoms with Crippen LogP contribution in [0.4, 0.5) is 9.80 Å². The first kappa shape index (κ1) is 24.3. The van der Waals surface area contributed by atoms with Gasteiger partial charge in [0.25, 0.3) is 0 Å². The molecule has 0 saturated carbocycles. The molecule has 2 aromatic heterocycles. The van der Waals surface area contributed by atoms with Crippen molar-refractivity contribution >= 4 is 28.3 Å². The lowest BCUT2D eigenvalue weighted by Crippen LogP contribution is -2.36. The first-order valence-corrected chi connectivity index (χ1v) is 12.2. The molecule has 0 atom stereocenters. The van der Waals surface area contributed by atoms with Crippen LogP contribution < -0.4 is 10.1 Å². The molecule has 4 rings (SSSR count). The number of fused-ring (bicyclic) bond motifs is 1. The predicted octanol–water partition coefficient (Wildman–Crippen LogP) is 3.90. The van der Waals surface area contributed by atoms with Crippen LogP contribution in [-0.2, 0) is 35.5 Å². The van der Waals surface area contributed by atoms with Gasteiger partial charge in [-0.3, -0.25) is 4.79 Å². The van der Waals surface area contributed by atoms with Gasteiger partial charge in [-0.1, -0.05) is 12.1 Å². The van der Waals surface area contributed by atoms with Crippen LogP contribution in [-0.4, -0.2) is 46.7 Å². The Balaban J connectivity index is 1.33. The van der Waals surface area contributed by atoms with Gasteiger partial charge >= 0.3 is 6.09 Å². The molecule has 1 aliphatic heterocycles. The Kier molecular flexibility index (Phi) is 7.67. The number of thiophene rings is 1. The lowest BCUT2D eigenvalue weighted by molar-refractivity contribution is -0.116. The molecule has 9 nitrogen and oxygen atoms in total. The SMILES string of the molecule is COc1cccc(CCC(=O)Nc2sc3c(c2C#N)CCN(C(=O)OCCn2ccnc2C)C3)c1. The fourth-order valence-corrected chi connectivity index (χ4v) is 5.23. The molecule has 1 aromatic carbocycles. The molecule has 0 radical (unpaired) electrons. The van der Waals surface area contributed by atoms with E-state index in [9.17, 15) is 14.9 Å². The number of aryl methyl sites for hydroxylation is 2. The molecule has 0 aliphatic carbocycles. The third-order valence-electron chi connectivity index (χ3n) is 5.94. The van der Waals surface area contributed by atoms with Gasteiger partial charge in [-0.2, -0.15) is 5.26 Å². The highest BCUT2D eigenvalue weighted by Gasteiger charge is 2.28. The summed E-state index contributed by atoms with van der Waals surface area (Å²) in [5.41, 5.74) is 2.39. The standard InChI is InChI=1S/C25H27N5O4S/c1-17-27-9-11-29(17)12-13-34-25(32)30-10-8-20-21(15-26)24(35-22(20)16-30)28-23(31)7-6-18-4-3-5-19(14-18)33-2/h3-5,9,11,14H,6-8,10,12-13,16H2,1-2H3,(H,28,31). The van der Waals surface area contributed by atoms with Gasteiger partial charge in [0.05, 0.1) is 25.8 Å². The van der Waals surface area contributed by atoms with Crippen LogP contribution in [0.15, 0.2) is 36.7 Å². The maximum absolute atomic E-state index is 12.6. The second kappa shape index (κ2) is 11.1. The van der Waals surface area contributed by atoms with E-state index < -0.39 is 0 Å². The monoisotopic (exact) mass is 493 g/mol. The number of rotatable bonds is 8. The summed E-state index contributed by atoms with van der Waals surface area (Å²) < 4.78 is 12.6. The Morgan fingerprint density at radius 2 is 2.20 bits per heavy atom. The zero-order valence-electron chi connectivity index (χ0n) is 19.7. The number of anilines is 1. The fourth-order valence-electron chi connectivity index (χ4n) is 4.00. The molecule has 0 saturated heterocycles. The van der Waals surface area contributed by atoms with Gasteiger partial charge in [-0.05, 0) is 43.0 Å². The van der Waals surface area contributed by atoms with E-state index in [1.54, 1.807) is 18.2 Å². The van der Waals surface area contributed by atoms with E-state index in [4.69, 9.17) is 9.47 Å². The molecule has 0 spiro atoms. The molecule has 0 fully saturated rings. The van der Waals surface area contributed by atoms with Crippen molar-refractivity contribution in [3.63, 3.8) is 0 Å². The van der Waals surface area contributed by atoms with Crippen LogP contribution in [0.3, 0.4) is 0 Å². The number of carbonyl (C=O) groups is 2. The first-order chi connectivity index (χ1) is 17.0. The molecule has 1 N–H and O–H groups in total. The summed E-state index contributed by atoms with van der Waals surface area (Å²) >= 11 is 1.35. The quantitative estimate of drug-likeness (QED) is 0.510. The predicted molar refractivity (Wildman–Crippen MR) is 131 cm³/mol. The summed E-state index contributed by atoms with van der Waals surface area (Å²) in [7, 11) is 1.61. The van der Waals surface area contributed by atoms with Gasteiger partial charge in [0.2, 0.25) is 5.91 Å². The minimum absolute atomic E-state index is 0.158. The molecule has 0 bridgehead atoms. The Bertz CT molecular complexity index is 1260. The Morgan fingerprint density at radius 1 is 1.34 bits per heavy atom. The second-order valence-corrected chi connectivity index (χ2v) is 9.28. The largest absolute Gasteiger partial charge is 0.497 e. The zero-order valence-corrected chi connectivity index (χ0v) is 20.6. The van der Waals surface area contributed by atoms with E-state index in [-0.39, 0.29) is 25.0 Å².